The molecule has 5 heteroatoms. The summed E-state index contributed by atoms with van der Waals surface area (Å²) in [6.07, 6.45) is 1.32. The van der Waals surface area contributed by atoms with Crippen LogP contribution in [0.2, 0.25) is 0 Å². The molecular formula is C14H19NO4. The van der Waals surface area contributed by atoms with Crippen LogP contribution in [0.1, 0.15) is 22.3 Å². The number of amides is 1. The molecule has 0 aromatic heterocycles. The Kier molecular flexibility index (Phi) is 4.76. The highest BCUT2D eigenvalue weighted by atomic mass is 16.5. The molecule has 0 bridgehead atoms. The smallest absolute Gasteiger partial charge is 0.251 e. The van der Waals surface area contributed by atoms with Crippen molar-refractivity contribution >= 4 is 5.91 Å². The van der Waals surface area contributed by atoms with Gasteiger partial charge in [-0.1, -0.05) is 0 Å². The van der Waals surface area contributed by atoms with Gasteiger partial charge in [0.05, 0.1) is 19.3 Å². The Morgan fingerprint density at radius 2 is 2.42 bits per heavy atom. The van der Waals surface area contributed by atoms with Crippen molar-refractivity contribution in [1.82, 2.24) is 5.32 Å². The normalized spacial score (nSPS) is 14.6. The Bertz CT molecular complexity index is 441. The number of nitrogens with one attached hydrogen (secondary N) is 1. The third-order valence-electron chi connectivity index (χ3n) is 3.13. The molecule has 0 radical (unpaired) electrons. The van der Waals surface area contributed by atoms with E-state index in [1.54, 1.807) is 13.2 Å². The van der Waals surface area contributed by atoms with Crippen LogP contribution in [0.15, 0.2) is 18.2 Å². The molecule has 0 saturated carbocycles. The van der Waals surface area contributed by atoms with Crippen LogP contribution in [0, 0.1) is 0 Å². The van der Waals surface area contributed by atoms with Crippen LogP contribution in [0.5, 0.6) is 5.75 Å². The van der Waals surface area contributed by atoms with Crippen LogP contribution < -0.4 is 10.1 Å². The van der Waals surface area contributed by atoms with Gasteiger partial charge in [-0.15, -0.1) is 0 Å². The minimum atomic E-state index is -0.174. The van der Waals surface area contributed by atoms with E-state index in [9.17, 15) is 4.79 Å². The lowest BCUT2D eigenvalue weighted by atomic mass is 10.1. The van der Waals surface area contributed by atoms with Crippen LogP contribution in [-0.2, 0) is 11.2 Å². The van der Waals surface area contributed by atoms with E-state index in [4.69, 9.17) is 14.6 Å². The fourth-order valence-corrected chi connectivity index (χ4v) is 2.15. The van der Waals surface area contributed by atoms with E-state index in [2.05, 4.69) is 5.32 Å². The van der Waals surface area contributed by atoms with Gasteiger partial charge in [-0.25, -0.2) is 0 Å². The molecule has 5 nitrogen and oxygen atoms in total. The zero-order valence-electron chi connectivity index (χ0n) is 11.0. The Hall–Kier alpha value is -1.59. The van der Waals surface area contributed by atoms with Crippen molar-refractivity contribution in [2.75, 3.05) is 26.9 Å². The molecule has 1 atom stereocenters. The number of aliphatic hydroxyl groups excluding tert-OH is 1. The number of fused-ring (bicyclic) bond motifs is 1. The Balaban J connectivity index is 2.02. The van der Waals surface area contributed by atoms with Crippen LogP contribution in [-0.4, -0.2) is 44.0 Å². The summed E-state index contributed by atoms with van der Waals surface area (Å²) in [5.41, 5.74) is 1.68. The minimum Gasteiger partial charge on any atom is -0.493 e. The van der Waals surface area contributed by atoms with Gasteiger partial charge in [0.15, 0.2) is 0 Å². The van der Waals surface area contributed by atoms with Gasteiger partial charge in [0, 0.05) is 25.7 Å². The second-order valence-corrected chi connectivity index (χ2v) is 4.56. The summed E-state index contributed by atoms with van der Waals surface area (Å²) in [6, 6.07) is 5.27. The monoisotopic (exact) mass is 265 g/mol. The third kappa shape index (κ3) is 3.45. The van der Waals surface area contributed by atoms with E-state index >= 15 is 0 Å². The highest BCUT2D eigenvalue weighted by Gasteiger charge is 2.17. The van der Waals surface area contributed by atoms with E-state index in [1.165, 1.54) is 0 Å². The third-order valence-corrected chi connectivity index (χ3v) is 3.13. The number of methoxy groups -OCH3 is 1. The van der Waals surface area contributed by atoms with E-state index in [1.807, 2.05) is 12.1 Å². The number of hydrogen-bond acceptors (Lipinski definition) is 4. The molecule has 0 spiro atoms. The van der Waals surface area contributed by atoms with Gasteiger partial charge in [-0.3, -0.25) is 4.79 Å². The second-order valence-electron chi connectivity index (χ2n) is 4.56. The molecule has 1 amide bonds. The highest BCUT2D eigenvalue weighted by molar-refractivity contribution is 5.94. The first-order valence-electron chi connectivity index (χ1n) is 6.41. The van der Waals surface area contributed by atoms with Crippen LogP contribution in [0.25, 0.3) is 0 Å². The van der Waals surface area contributed by atoms with Crippen molar-refractivity contribution in [1.29, 1.82) is 0 Å². The molecule has 1 heterocycles. The predicted octanol–water partition coefficient (Wildman–Crippen LogP) is 0.749. The van der Waals surface area contributed by atoms with Gasteiger partial charge >= 0.3 is 0 Å². The van der Waals surface area contributed by atoms with Crippen molar-refractivity contribution in [2.24, 2.45) is 0 Å². The number of carbonyl (C=O) groups is 1. The van der Waals surface area contributed by atoms with Crippen molar-refractivity contribution in [3.05, 3.63) is 29.3 Å². The molecule has 0 saturated heterocycles. The lowest BCUT2D eigenvalue weighted by molar-refractivity contribution is 0.0878. The lowest BCUT2D eigenvalue weighted by Crippen LogP contribution is -2.38. The summed E-state index contributed by atoms with van der Waals surface area (Å²) >= 11 is 0. The zero-order valence-corrected chi connectivity index (χ0v) is 11.0. The number of rotatable bonds is 6. The number of ether oxygens (including phenoxy) is 2. The lowest BCUT2D eigenvalue weighted by Gasteiger charge is -2.17. The summed E-state index contributed by atoms with van der Waals surface area (Å²) in [5.74, 6) is 0.713. The molecule has 19 heavy (non-hydrogen) atoms. The topological polar surface area (TPSA) is 67.8 Å². The fraction of sp³-hybridized carbons (Fsp3) is 0.500. The van der Waals surface area contributed by atoms with Crippen LogP contribution in [0.4, 0.5) is 0 Å². The second kappa shape index (κ2) is 6.54. The first kappa shape index (κ1) is 13.8. The van der Waals surface area contributed by atoms with Gasteiger partial charge in [0.25, 0.3) is 5.91 Å². The minimum absolute atomic E-state index is 0.0202. The van der Waals surface area contributed by atoms with E-state index in [0.717, 1.165) is 17.7 Å². The molecule has 0 fully saturated rings. The van der Waals surface area contributed by atoms with Crippen molar-refractivity contribution < 1.29 is 19.4 Å². The highest BCUT2D eigenvalue weighted by Crippen LogP contribution is 2.25. The molecule has 1 unspecified atom stereocenters. The van der Waals surface area contributed by atoms with E-state index < -0.39 is 0 Å². The average molecular weight is 265 g/mol. The van der Waals surface area contributed by atoms with Crippen molar-refractivity contribution in [3.8, 4) is 5.75 Å². The number of benzene rings is 1. The predicted molar refractivity (Wildman–Crippen MR) is 70.5 cm³/mol. The molecule has 1 aromatic rings. The van der Waals surface area contributed by atoms with Gasteiger partial charge in [-0.05, 0) is 30.2 Å². The summed E-state index contributed by atoms with van der Waals surface area (Å²) in [5, 5.41) is 11.8. The maximum Gasteiger partial charge on any atom is 0.251 e. The maximum atomic E-state index is 12.1. The van der Waals surface area contributed by atoms with E-state index in [-0.39, 0.29) is 18.6 Å². The first-order chi connectivity index (χ1) is 9.24. The quantitative estimate of drug-likeness (QED) is 0.796. The van der Waals surface area contributed by atoms with Crippen molar-refractivity contribution in [3.63, 3.8) is 0 Å². The largest absolute Gasteiger partial charge is 0.493 e. The standard InChI is InChI=1S/C14H19NO4/c1-18-9-12(4-6-16)15-14(17)11-2-3-13-10(8-11)5-7-19-13/h2-3,8,12,16H,4-7,9H2,1H3,(H,15,17). The van der Waals surface area contributed by atoms with Crippen molar-refractivity contribution in [2.45, 2.75) is 18.9 Å². The van der Waals surface area contributed by atoms with Gasteiger partial charge in [0.1, 0.15) is 5.75 Å². The summed E-state index contributed by atoms with van der Waals surface area (Å²) in [7, 11) is 1.57. The van der Waals surface area contributed by atoms with Gasteiger partial charge in [0.2, 0.25) is 0 Å². The van der Waals surface area contributed by atoms with Gasteiger partial charge in [-0.2, -0.15) is 0 Å². The SMILES string of the molecule is COCC(CCO)NC(=O)c1ccc2c(c1)CCO2. The summed E-state index contributed by atoms with van der Waals surface area (Å²) in [4.78, 5) is 12.1. The number of carbonyl (C=O) groups excluding carboxylic acids is 1. The summed E-state index contributed by atoms with van der Waals surface area (Å²) < 4.78 is 10.4. The zero-order chi connectivity index (χ0) is 13.7. The average Bonchev–Trinajstić information content (AvgIpc) is 2.86. The van der Waals surface area contributed by atoms with Gasteiger partial charge < -0.3 is 19.9 Å². The molecule has 1 aliphatic rings. The molecular weight excluding hydrogens is 246 g/mol. The fourth-order valence-electron chi connectivity index (χ4n) is 2.15. The Morgan fingerprint density at radius 3 is 3.16 bits per heavy atom. The molecule has 104 valence electrons. The molecule has 1 aliphatic heterocycles. The van der Waals surface area contributed by atoms with E-state index in [0.29, 0.717) is 25.2 Å². The number of aliphatic hydroxyl groups is 1. The molecule has 0 aliphatic carbocycles. The van der Waals surface area contributed by atoms with Crippen LogP contribution >= 0.6 is 0 Å². The summed E-state index contributed by atoms with van der Waals surface area (Å²) in [6.45, 7) is 1.09. The Labute approximate surface area is 112 Å². The Morgan fingerprint density at radius 1 is 1.58 bits per heavy atom. The molecule has 2 rings (SSSR count). The van der Waals surface area contributed by atoms with Crippen LogP contribution in [0.3, 0.4) is 0 Å². The molecule has 2 N–H and O–H groups in total. The number of hydrogen-bond donors (Lipinski definition) is 2. The molecule has 1 aromatic carbocycles. The first-order valence-corrected chi connectivity index (χ1v) is 6.41. The maximum absolute atomic E-state index is 12.1.